The van der Waals surface area contributed by atoms with E-state index in [-0.39, 0.29) is 17.0 Å². The molecule has 0 amide bonds. The van der Waals surface area contributed by atoms with Gasteiger partial charge in [-0.05, 0) is 59.7 Å². The van der Waals surface area contributed by atoms with Gasteiger partial charge in [-0.25, -0.2) is 0 Å². The van der Waals surface area contributed by atoms with Crippen molar-refractivity contribution in [3.63, 3.8) is 0 Å². The van der Waals surface area contributed by atoms with Crippen molar-refractivity contribution in [2.45, 2.75) is 19.3 Å². The van der Waals surface area contributed by atoms with Crippen LogP contribution in [0.15, 0.2) is 97.1 Å². The van der Waals surface area contributed by atoms with Crippen molar-refractivity contribution in [3.8, 4) is 0 Å². The molecule has 4 N–H and O–H groups in total. The molecule has 164 valence electrons. The van der Waals surface area contributed by atoms with Gasteiger partial charge in [-0.15, -0.1) is 0 Å². The SMILES string of the molecule is CC(C)(c1ccc(C(=O)c2ccc(N)cc2)cc1)c1ccc(C(=O)c2ccc(N)cc2)cc1. The lowest BCUT2D eigenvalue weighted by atomic mass is 9.77. The van der Waals surface area contributed by atoms with Crippen LogP contribution in [0.25, 0.3) is 0 Å². The van der Waals surface area contributed by atoms with E-state index in [9.17, 15) is 9.59 Å². The smallest absolute Gasteiger partial charge is 0.193 e. The Balaban J connectivity index is 1.54. The molecule has 4 nitrogen and oxygen atoms in total. The molecule has 4 heteroatoms. The molecule has 0 unspecified atom stereocenters. The first-order valence-corrected chi connectivity index (χ1v) is 10.8. The summed E-state index contributed by atoms with van der Waals surface area (Å²) in [6.45, 7) is 4.25. The summed E-state index contributed by atoms with van der Waals surface area (Å²) < 4.78 is 0. The Hall–Kier alpha value is -4.18. The van der Waals surface area contributed by atoms with Crippen LogP contribution in [-0.4, -0.2) is 11.6 Å². The normalized spacial score (nSPS) is 11.2. The van der Waals surface area contributed by atoms with Gasteiger partial charge in [0.05, 0.1) is 0 Å². The lowest BCUT2D eigenvalue weighted by Crippen LogP contribution is -2.19. The minimum absolute atomic E-state index is 0.0371. The highest BCUT2D eigenvalue weighted by molar-refractivity contribution is 6.09. The molecule has 4 aromatic rings. The van der Waals surface area contributed by atoms with E-state index >= 15 is 0 Å². The molecule has 0 heterocycles. The molecule has 0 saturated heterocycles. The van der Waals surface area contributed by atoms with Crippen LogP contribution >= 0.6 is 0 Å². The Labute approximate surface area is 193 Å². The fourth-order valence-electron chi connectivity index (χ4n) is 3.85. The van der Waals surface area contributed by atoms with Gasteiger partial charge in [-0.1, -0.05) is 62.4 Å². The van der Waals surface area contributed by atoms with E-state index < -0.39 is 0 Å². The zero-order valence-electron chi connectivity index (χ0n) is 18.7. The van der Waals surface area contributed by atoms with E-state index in [4.69, 9.17) is 11.5 Å². The second-order valence-corrected chi connectivity index (χ2v) is 8.68. The largest absolute Gasteiger partial charge is 0.399 e. The Bertz CT molecular complexity index is 1180. The Morgan fingerprint density at radius 3 is 1.00 bits per heavy atom. The topological polar surface area (TPSA) is 86.2 Å². The molecule has 0 aromatic heterocycles. The maximum Gasteiger partial charge on any atom is 0.193 e. The Morgan fingerprint density at radius 2 is 0.727 bits per heavy atom. The number of ketones is 2. The van der Waals surface area contributed by atoms with Crippen molar-refractivity contribution < 1.29 is 9.59 Å². The average molecular weight is 435 g/mol. The van der Waals surface area contributed by atoms with E-state index in [0.29, 0.717) is 33.6 Å². The monoisotopic (exact) mass is 434 g/mol. The maximum atomic E-state index is 12.7. The molecule has 0 atom stereocenters. The van der Waals surface area contributed by atoms with Crippen molar-refractivity contribution in [1.29, 1.82) is 0 Å². The first-order chi connectivity index (χ1) is 15.8. The number of benzene rings is 4. The highest BCUT2D eigenvalue weighted by Crippen LogP contribution is 2.32. The lowest BCUT2D eigenvalue weighted by Gasteiger charge is -2.26. The van der Waals surface area contributed by atoms with Gasteiger partial charge in [0, 0.05) is 39.0 Å². The lowest BCUT2D eigenvalue weighted by molar-refractivity contribution is 0.103. The number of nitrogen functional groups attached to an aromatic ring is 2. The van der Waals surface area contributed by atoms with Crippen LogP contribution < -0.4 is 11.5 Å². The van der Waals surface area contributed by atoms with Crippen LogP contribution in [0, 0.1) is 0 Å². The van der Waals surface area contributed by atoms with Gasteiger partial charge in [0.1, 0.15) is 0 Å². The van der Waals surface area contributed by atoms with Gasteiger partial charge in [0.2, 0.25) is 0 Å². The summed E-state index contributed by atoms with van der Waals surface area (Å²) in [6, 6.07) is 29.2. The van der Waals surface area contributed by atoms with E-state index in [0.717, 1.165) is 11.1 Å². The number of anilines is 2. The highest BCUT2D eigenvalue weighted by Gasteiger charge is 2.24. The Kier molecular flexibility index (Phi) is 5.84. The molecule has 0 fully saturated rings. The molecule has 0 radical (unpaired) electrons. The molecule has 0 bridgehead atoms. The molecule has 0 spiro atoms. The van der Waals surface area contributed by atoms with Gasteiger partial charge < -0.3 is 11.5 Å². The molecule has 0 aliphatic carbocycles. The van der Waals surface area contributed by atoms with E-state index in [1.165, 1.54) is 0 Å². The summed E-state index contributed by atoms with van der Waals surface area (Å²) >= 11 is 0. The first kappa shape index (κ1) is 22.0. The molecular formula is C29H26N2O2. The van der Waals surface area contributed by atoms with Gasteiger partial charge in [0.15, 0.2) is 11.6 Å². The predicted molar refractivity (Wildman–Crippen MR) is 134 cm³/mol. The second kappa shape index (κ2) is 8.75. The molecule has 0 aliphatic rings. The quantitative estimate of drug-likeness (QED) is 0.304. The van der Waals surface area contributed by atoms with Crippen molar-refractivity contribution in [2.75, 3.05) is 11.5 Å². The van der Waals surface area contributed by atoms with E-state index in [1.807, 2.05) is 48.5 Å². The number of hydrogen-bond donors (Lipinski definition) is 2. The highest BCUT2D eigenvalue weighted by atomic mass is 16.1. The number of carbonyl (C=O) groups is 2. The number of nitrogens with two attached hydrogens (primary N) is 2. The molecule has 4 aromatic carbocycles. The summed E-state index contributed by atoms with van der Waals surface area (Å²) in [5, 5.41) is 0. The fourth-order valence-corrected chi connectivity index (χ4v) is 3.85. The zero-order chi connectivity index (χ0) is 23.6. The minimum atomic E-state index is -0.300. The molecule has 4 rings (SSSR count). The molecular weight excluding hydrogens is 408 g/mol. The van der Waals surface area contributed by atoms with Crippen molar-refractivity contribution in [1.82, 2.24) is 0 Å². The second-order valence-electron chi connectivity index (χ2n) is 8.68. The van der Waals surface area contributed by atoms with Crippen LogP contribution in [0.4, 0.5) is 11.4 Å². The Morgan fingerprint density at radius 1 is 0.485 bits per heavy atom. The molecule has 0 aliphatic heterocycles. The van der Waals surface area contributed by atoms with Crippen molar-refractivity contribution in [2.24, 2.45) is 0 Å². The average Bonchev–Trinajstić information content (AvgIpc) is 2.84. The summed E-state index contributed by atoms with van der Waals surface area (Å²) in [6.07, 6.45) is 0. The number of hydrogen-bond acceptors (Lipinski definition) is 4. The fraction of sp³-hybridized carbons (Fsp3) is 0.103. The zero-order valence-corrected chi connectivity index (χ0v) is 18.7. The first-order valence-electron chi connectivity index (χ1n) is 10.8. The van der Waals surface area contributed by atoms with Gasteiger partial charge >= 0.3 is 0 Å². The predicted octanol–water partition coefficient (Wildman–Crippen LogP) is 5.64. The molecule has 33 heavy (non-hydrogen) atoms. The summed E-state index contributed by atoms with van der Waals surface area (Å²) in [7, 11) is 0. The maximum absolute atomic E-state index is 12.7. The van der Waals surface area contributed by atoms with Gasteiger partial charge in [-0.3, -0.25) is 9.59 Å². The summed E-state index contributed by atoms with van der Waals surface area (Å²) in [5.74, 6) is -0.0743. The van der Waals surface area contributed by atoms with Crippen molar-refractivity contribution >= 4 is 22.9 Å². The summed E-state index contributed by atoms with van der Waals surface area (Å²) in [5.41, 5.74) is 17.0. The third-order valence-electron chi connectivity index (χ3n) is 6.08. The molecule has 0 saturated carbocycles. The van der Waals surface area contributed by atoms with Gasteiger partial charge in [-0.2, -0.15) is 0 Å². The van der Waals surface area contributed by atoms with Crippen LogP contribution in [0.2, 0.25) is 0 Å². The number of rotatable bonds is 6. The summed E-state index contributed by atoms with van der Waals surface area (Å²) in [4.78, 5) is 25.5. The standard InChI is InChI=1S/C29H26N2O2/c1-29(2,23-11-3-19(4-12-23)27(32)21-7-15-25(30)16-8-21)24-13-5-20(6-14-24)28(33)22-9-17-26(31)18-10-22/h3-18H,30-31H2,1-2H3. The van der Waals surface area contributed by atoms with Crippen molar-refractivity contribution in [3.05, 3.63) is 130 Å². The van der Waals surface area contributed by atoms with E-state index in [2.05, 4.69) is 13.8 Å². The van der Waals surface area contributed by atoms with Crippen LogP contribution in [-0.2, 0) is 5.41 Å². The third kappa shape index (κ3) is 4.55. The van der Waals surface area contributed by atoms with Crippen LogP contribution in [0.5, 0.6) is 0 Å². The third-order valence-corrected chi connectivity index (χ3v) is 6.08. The minimum Gasteiger partial charge on any atom is -0.399 e. The van der Waals surface area contributed by atoms with Crippen LogP contribution in [0.3, 0.4) is 0 Å². The van der Waals surface area contributed by atoms with Gasteiger partial charge in [0.25, 0.3) is 0 Å². The number of carbonyl (C=O) groups excluding carboxylic acids is 2. The van der Waals surface area contributed by atoms with Crippen LogP contribution in [0.1, 0.15) is 56.8 Å². The van der Waals surface area contributed by atoms with E-state index in [1.54, 1.807) is 48.5 Å².